The maximum Gasteiger partial charge on any atom is 0.189 e. The number of nitrogens with zero attached hydrogens (tertiary/aromatic N) is 3. The van der Waals surface area contributed by atoms with Gasteiger partial charge in [0, 0.05) is 31.2 Å². The number of aromatic nitrogens is 2. The molecule has 0 amide bonds. The van der Waals surface area contributed by atoms with E-state index in [1.54, 1.807) is 18.6 Å². The Morgan fingerprint density at radius 3 is 2.80 bits per heavy atom. The van der Waals surface area contributed by atoms with Gasteiger partial charge in [-0.3, -0.25) is 9.97 Å². The van der Waals surface area contributed by atoms with Gasteiger partial charge in [-0.1, -0.05) is 11.2 Å². The third-order valence-corrected chi connectivity index (χ3v) is 3.05. The molecule has 0 unspecified atom stereocenters. The van der Waals surface area contributed by atoms with Gasteiger partial charge in [-0.25, -0.2) is 0 Å². The fourth-order valence-corrected chi connectivity index (χ4v) is 1.89. The summed E-state index contributed by atoms with van der Waals surface area (Å²) in [6.07, 6.45) is 5.14. The van der Waals surface area contributed by atoms with Gasteiger partial charge >= 0.3 is 0 Å². The van der Waals surface area contributed by atoms with Gasteiger partial charge in [-0.05, 0) is 36.2 Å². The highest BCUT2D eigenvalue weighted by atomic mass is 16.4. The minimum atomic E-state index is 0.0129. The molecule has 0 aliphatic carbocycles. The van der Waals surface area contributed by atoms with Crippen molar-refractivity contribution in [2.75, 3.05) is 0 Å². The van der Waals surface area contributed by atoms with Crippen molar-refractivity contribution < 1.29 is 5.21 Å². The van der Waals surface area contributed by atoms with Gasteiger partial charge < -0.3 is 16.3 Å². The van der Waals surface area contributed by atoms with Crippen LogP contribution in [-0.2, 0) is 6.54 Å². The van der Waals surface area contributed by atoms with Crippen LogP contribution in [0.3, 0.4) is 0 Å². The summed E-state index contributed by atoms with van der Waals surface area (Å²) < 4.78 is 0. The number of oxime groups is 1. The molecular weight excluding hydrogens is 254 g/mol. The number of nitrogens with two attached hydrogens (primary N) is 1. The van der Waals surface area contributed by atoms with Crippen LogP contribution in [0.15, 0.2) is 48.0 Å². The zero-order valence-electron chi connectivity index (χ0n) is 11.2. The Kier molecular flexibility index (Phi) is 4.62. The van der Waals surface area contributed by atoms with Crippen molar-refractivity contribution in [3.63, 3.8) is 0 Å². The molecule has 104 valence electrons. The first kappa shape index (κ1) is 14.0. The first-order valence-corrected chi connectivity index (χ1v) is 6.27. The number of nitrogens with one attached hydrogen (secondary N) is 1. The van der Waals surface area contributed by atoms with Crippen LogP contribution in [0.2, 0.25) is 0 Å². The summed E-state index contributed by atoms with van der Waals surface area (Å²) in [4.78, 5) is 8.13. The maximum absolute atomic E-state index is 8.76. The molecule has 2 heterocycles. The first-order valence-electron chi connectivity index (χ1n) is 6.27. The third kappa shape index (κ3) is 3.30. The lowest BCUT2D eigenvalue weighted by molar-refractivity contribution is 0.318. The number of hydrogen-bond donors (Lipinski definition) is 3. The smallest absolute Gasteiger partial charge is 0.189 e. The van der Waals surface area contributed by atoms with Crippen LogP contribution in [0.5, 0.6) is 0 Å². The van der Waals surface area contributed by atoms with Crippen molar-refractivity contribution in [1.82, 2.24) is 15.3 Å². The summed E-state index contributed by atoms with van der Waals surface area (Å²) in [5.74, 6) is 0.0129. The van der Waals surface area contributed by atoms with Crippen LogP contribution < -0.4 is 11.1 Å². The lowest BCUT2D eigenvalue weighted by Crippen LogP contribution is -2.23. The standard InChI is InChI=1S/C14H17N5O/c1-10(11-4-7-16-8-5-11)18-9-12-3-2-6-17-13(12)14(15)19-20/h2-8,10,18,20H,9H2,1H3,(H2,15,19)/t10-/m1/s1. The molecule has 2 aromatic heterocycles. The van der Waals surface area contributed by atoms with E-state index in [1.165, 1.54) is 0 Å². The van der Waals surface area contributed by atoms with E-state index in [2.05, 4.69) is 27.4 Å². The molecular formula is C14H17N5O. The van der Waals surface area contributed by atoms with Gasteiger partial charge in [0.05, 0.1) is 0 Å². The summed E-state index contributed by atoms with van der Waals surface area (Å²) in [7, 11) is 0. The van der Waals surface area contributed by atoms with E-state index in [4.69, 9.17) is 10.9 Å². The molecule has 0 saturated carbocycles. The second kappa shape index (κ2) is 6.63. The fourth-order valence-electron chi connectivity index (χ4n) is 1.89. The van der Waals surface area contributed by atoms with Crippen molar-refractivity contribution >= 4 is 5.84 Å². The normalized spacial score (nSPS) is 13.2. The van der Waals surface area contributed by atoms with E-state index >= 15 is 0 Å². The van der Waals surface area contributed by atoms with Gasteiger partial charge in [-0.15, -0.1) is 0 Å². The number of hydrogen-bond acceptors (Lipinski definition) is 5. The predicted octanol–water partition coefficient (Wildman–Crippen LogP) is 1.42. The van der Waals surface area contributed by atoms with Gasteiger partial charge in [0.25, 0.3) is 0 Å². The largest absolute Gasteiger partial charge is 0.409 e. The average Bonchev–Trinajstić information content (AvgIpc) is 2.53. The molecule has 20 heavy (non-hydrogen) atoms. The number of rotatable bonds is 5. The molecule has 0 radical (unpaired) electrons. The lowest BCUT2D eigenvalue weighted by Gasteiger charge is -2.15. The summed E-state index contributed by atoms with van der Waals surface area (Å²) in [6.45, 7) is 2.64. The summed E-state index contributed by atoms with van der Waals surface area (Å²) >= 11 is 0. The zero-order valence-corrected chi connectivity index (χ0v) is 11.2. The Morgan fingerprint density at radius 1 is 1.35 bits per heavy atom. The van der Waals surface area contributed by atoms with Crippen molar-refractivity contribution in [2.24, 2.45) is 10.9 Å². The molecule has 0 aromatic carbocycles. The molecule has 0 aliphatic rings. The molecule has 0 bridgehead atoms. The predicted molar refractivity (Wildman–Crippen MR) is 76.2 cm³/mol. The Morgan fingerprint density at radius 2 is 2.10 bits per heavy atom. The number of pyridine rings is 2. The Labute approximate surface area is 117 Å². The summed E-state index contributed by atoms with van der Waals surface area (Å²) in [5, 5.41) is 15.1. The Hall–Kier alpha value is -2.47. The van der Waals surface area contributed by atoms with Crippen LogP contribution in [0.1, 0.15) is 29.8 Å². The van der Waals surface area contributed by atoms with E-state index < -0.39 is 0 Å². The van der Waals surface area contributed by atoms with E-state index in [0.29, 0.717) is 12.2 Å². The van der Waals surface area contributed by atoms with E-state index in [9.17, 15) is 0 Å². The second-order valence-corrected chi connectivity index (χ2v) is 4.38. The Bertz CT molecular complexity index is 585. The maximum atomic E-state index is 8.76. The third-order valence-electron chi connectivity index (χ3n) is 3.05. The lowest BCUT2D eigenvalue weighted by atomic mass is 10.1. The Balaban J connectivity index is 2.08. The summed E-state index contributed by atoms with van der Waals surface area (Å²) in [5.41, 5.74) is 8.13. The average molecular weight is 271 g/mol. The molecule has 1 atom stereocenters. The molecule has 2 rings (SSSR count). The molecule has 0 saturated heterocycles. The van der Waals surface area contributed by atoms with Crippen LogP contribution in [0, 0.1) is 0 Å². The van der Waals surface area contributed by atoms with Crippen LogP contribution >= 0.6 is 0 Å². The molecule has 0 aliphatic heterocycles. The fraction of sp³-hybridized carbons (Fsp3) is 0.214. The quantitative estimate of drug-likeness (QED) is 0.331. The van der Waals surface area contributed by atoms with Crippen LogP contribution in [0.4, 0.5) is 0 Å². The number of amidine groups is 1. The second-order valence-electron chi connectivity index (χ2n) is 4.38. The van der Waals surface area contributed by atoms with Crippen LogP contribution in [0.25, 0.3) is 0 Å². The molecule has 0 fully saturated rings. The molecule has 6 heteroatoms. The minimum absolute atomic E-state index is 0.0129. The first-order chi connectivity index (χ1) is 9.72. The van der Waals surface area contributed by atoms with E-state index in [1.807, 2.05) is 24.3 Å². The van der Waals surface area contributed by atoms with Gasteiger partial charge in [0.1, 0.15) is 5.69 Å². The van der Waals surface area contributed by atoms with Crippen molar-refractivity contribution in [2.45, 2.75) is 19.5 Å². The van der Waals surface area contributed by atoms with Gasteiger partial charge in [-0.2, -0.15) is 0 Å². The molecule has 2 aromatic rings. The SMILES string of the molecule is C[C@@H](NCc1cccnc1/C(N)=N/O)c1ccncc1. The van der Waals surface area contributed by atoms with Crippen molar-refractivity contribution in [3.05, 3.63) is 59.7 Å². The van der Waals surface area contributed by atoms with Gasteiger partial charge in [0.15, 0.2) is 5.84 Å². The van der Waals surface area contributed by atoms with E-state index in [0.717, 1.165) is 11.1 Å². The molecule has 4 N–H and O–H groups in total. The summed E-state index contributed by atoms with van der Waals surface area (Å²) in [6, 6.07) is 7.81. The van der Waals surface area contributed by atoms with E-state index in [-0.39, 0.29) is 11.9 Å². The van der Waals surface area contributed by atoms with Gasteiger partial charge in [0.2, 0.25) is 0 Å². The minimum Gasteiger partial charge on any atom is -0.409 e. The van der Waals surface area contributed by atoms with Crippen molar-refractivity contribution in [3.8, 4) is 0 Å². The van der Waals surface area contributed by atoms with Crippen LogP contribution in [-0.4, -0.2) is 21.0 Å². The molecule has 0 spiro atoms. The zero-order chi connectivity index (χ0) is 14.4. The van der Waals surface area contributed by atoms with Crippen molar-refractivity contribution in [1.29, 1.82) is 0 Å². The highest BCUT2D eigenvalue weighted by molar-refractivity contribution is 5.96. The molecule has 6 nitrogen and oxygen atoms in total. The highest BCUT2D eigenvalue weighted by Crippen LogP contribution is 2.12. The topological polar surface area (TPSA) is 96.4 Å². The monoisotopic (exact) mass is 271 g/mol. The highest BCUT2D eigenvalue weighted by Gasteiger charge is 2.10.